The van der Waals surface area contributed by atoms with Crippen LogP contribution in [0.5, 0.6) is 0 Å². The van der Waals surface area contributed by atoms with Crippen molar-refractivity contribution in [1.29, 1.82) is 0 Å². The van der Waals surface area contributed by atoms with E-state index in [-0.39, 0.29) is 11.0 Å². The Bertz CT molecular complexity index is 348. The number of aryl methyl sites for hydroxylation is 1. The molecule has 0 saturated heterocycles. The number of aromatic nitrogens is 2. The first-order valence-electron chi connectivity index (χ1n) is 5.04. The van der Waals surface area contributed by atoms with E-state index < -0.39 is 0 Å². The van der Waals surface area contributed by atoms with Gasteiger partial charge < -0.3 is 5.73 Å². The topological polar surface area (TPSA) is 51.8 Å². The lowest BCUT2D eigenvalue weighted by atomic mass is 9.81. The molecule has 1 aromatic heterocycles. The van der Waals surface area contributed by atoms with E-state index in [1.165, 1.54) is 0 Å². The number of nitrogens with two attached hydrogens (primary N) is 1. The van der Waals surface area contributed by atoms with Crippen molar-refractivity contribution in [3.63, 3.8) is 0 Å². The number of rotatable bonds is 2. The monoisotopic (exact) mass is 191 g/mol. The van der Waals surface area contributed by atoms with Gasteiger partial charge in [-0.05, 0) is 33.6 Å². The molecule has 0 aromatic carbocycles. The molecule has 76 valence electrons. The molecule has 1 aliphatic carbocycles. The summed E-state index contributed by atoms with van der Waals surface area (Å²) in [6.07, 6.45) is 5.76. The van der Waals surface area contributed by atoms with Gasteiger partial charge in [-0.25, -0.2) is 0 Å². The highest BCUT2D eigenvalue weighted by atomic mass is 14.9. The lowest BCUT2D eigenvalue weighted by molar-refractivity contribution is 0.381. The third kappa shape index (κ3) is 1.23. The third-order valence-corrected chi connectivity index (χ3v) is 3.32. The Kier molecular flexibility index (Phi) is 1.89. The summed E-state index contributed by atoms with van der Waals surface area (Å²) in [7, 11) is 0. The van der Waals surface area contributed by atoms with E-state index in [0.29, 0.717) is 0 Å². The van der Waals surface area contributed by atoms with Crippen LogP contribution in [0.4, 0.5) is 0 Å². The first-order chi connectivity index (χ1) is 6.47. The van der Waals surface area contributed by atoms with E-state index in [2.05, 4.69) is 23.8 Å². The Balaban J connectivity index is 2.46. The molecule has 0 aliphatic heterocycles. The van der Waals surface area contributed by atoms with Crippen molar-refractivity contribution in [3.8, 4) is 0 Å². The zero-order valence-electron chi connectivity index (χ0n) is 9.04. The molecule has 0 spiro atoms. The smallest absolute Gasteiger partial charge is 0.0695 e. The zero-order valence-corrected chi connectivity index (χ0v) is 9.04. The Labute approximate surface area is 84.8 Å². The summed E-state index contributed by atoms with van der Waals surface area (Å²) >= 11 is 0. The largest absolute Gasteiger partial charge is 0.325 e. The lowest BCUT2D eigenvalue weighted by Gasteiger charge is -2.30. The normalized spacial score (nSPS) is 19.4. The summed E-state index contributed by atoms with van der Waals surface area (Å²) < 4.78 is 0. The van der Waals surface area contributed by atoms with Crippen LogP contribution in [0, 0.1) is 6.92 Å². The first-order valence-corrected chi connectivity index (χ1v) is 5.04. The summed E-state index contributed by atoms with van der Waals surface area (Å²) in [6, 6.07) is 0. The fourth-order valence-electron chi connectivity index (χ4n) is 2.19. The fourth-order valence-corrected chi connectivity index (χ4v) is 2.19. The van der Waals surface area contributed by atoms with Crippen LogP contribution in [0.15, 0.2) is 12.4 Å². The molecule has 2 N–H and O–H groups in total. The molecule has 0 amide bonds. The standard InChI is InChI=1S/C11H17N3/c1-8-9(14-7-6-13-8)11(4-5-11)10(2,3)12/h6-7H,4-5,12H2,1-3H3. The van der Waals surface area contributed by atoms with Gasteiger partial charge in [0.05, 0.1) is 11.4 Å². The molecule has 0 atom stereocenters. The highest BCUT2D eigenvalue weighted by molar-refractivity contribution is 5.33. The summed E-state index contributed by atoms with van der Waals surface area (Å²) in [4.78, 5) is 8.72. The van der Waals surface area contributed by atoms with Crippen molar-refractivity contribution in [1.82, 2.24) is 9.97 Å². The predicted molar refractivity (Wildman–Crippen MR) is 55.9 cm³/mol. The summed E-state index contributed by atoms with van der Waals surface area (Å²) in [5.74, 6) is 0. The first kappa shape index (κ1) is 9.59. The molecule has 2 rings (SSSR count). The molecule has 1 aromatic rings. The van der Waals surface area contributed by atoms with E-state index in [1.54, 1.807) is 12.4 Å². The van der Waals surface area contributed by atoms with Gasteiger partial charge in [0.15, 0.2) is 0 Å². The van der Waals surface area contributed by atoms with E-state index in [9.17, 15) is 0 Å². The maximum atomic E-state index is 6.21. The second-order valence-electron chi connectivity index (χ2n) is 4.79. The predicted octanol–water partition coefficient (Wildman–Crippen LogP) is 1.55. The van der Waals surface area contributed by atoms with Crippen molar-refractivity contribution in [2.24, 2.45) is 5.73 Å². The van der Waals surface area contributed by atoms with E-state index in [0.717, 1.165) is 24.2 Å². The van der Waals surface area contributed by atoms with Gasteiger partial charge in [0.1, 0.15) is 0 Å². The molecule has 14 heavy (non-hydrogen) atoms. The Morgan fingerprint density at radius 1 is 1.29 bits per heavy atom. The minimum absolute atomic E-state index is 0.0747. The van der Waals surface area contributed by atoms with Crippen LogP contribution in [0.3, 0.4) is 0 Å². The van der Waals surface area contributed by atoms with Crippen molar-refractivity contribution >= 4 is 0 Å². The van der Waals surface area contributed by atoms with Crippen LogP contribution in [0.2, 0.25) is 0 Å². The Morgan fingerprint density at radius 2 is 1.86 bits per heavy atom. The molecule has 3 nitrogen and oxygen atoms in total. The van der Waals surface area contributed by atoms with Crippen LogP contribution in [0.25, 0.3) is 0 Å². The molecule has 1 heterocycles. The molecule has 1 aliphatic rings. The molecular formula is C11H17N3. The lowest BCUT2D eigenvalue weighted by Crippen LogP contribution is -2.46. The maximum absolute atomic E-state index is 6.21. The summed E-state index contributed by atoms with van der Waals surface area (Å²) in [5.41, 5.74) is 8.19. The maximum Gasteiger partial charge on any atom is 0.0695 e. The average molecular weight is 191 g/mol. The van der Waals surface area contributed by atoms with E-state index in [1.807, 2.05) is 6.92 Å². The number of hydrogen-bond donors (Lipinski definition) is 1. The third-order valence-electron chi connectivity index (χ3n) is 3.32. The Hall–Kier alpha value is -0.960. The molecule has 0 unspecified atom stereocenters. The van der Waals surface area contributed by atoms with Gasteiger partial charge in [0.2, 0.25) is 0 Å². The second-order valence-corrected chi connectivity index (χ2v) is 4.79. The van der Waals surface area contributed by atoms with Gasteiger partial charge in [-0.3, -0.25) is 9.97 Å². The van der Waals surface area contributed by atoms with Gasteiger partial charge >= 0.3 is 0 Å². The van der Waals surface area contributed by atoms with Crippen LogP contribution in [-0.2, 0) is 5.41 Å². The van der Waals surface area contributed by atoms with Crippen molar-refractivity contribution in [2.45, 2.75) is 44.6 Å². The number of nitrogens with zero attached hydrogens (tertiary/aromatic N) is 2. The highest BCUT2D eigenvalue weighted by Crippen LogP contribution is 2.54. The van der Waals surface area contributed by atoms with Crippen LogP contribution in [0.1, 0.15) is 38.1 Å². The molecule has 3 heteroatoms. The van der Waals surface area contributed by atoms with Gasteiger partial charge in [0, 0.05) is 23.3 Å². The molecule has 1 saturated carbocycles. The van der Waals surface area contributed by atoms with Crippen LogP contribution < -0.4 is 5.73 Å². The van der Waals surface area contributed by atoms with Gasteiger partial charge in [0.25, 0.3) is 0 Å². The minimum atomic E-state index is -0.201. The molecule has 0 radical (unpaired) electrons. The summed E-state index contributed by atoms with van der Waals surface area (Å²) in [6.45, 7) is 6.16. The van der Waals surface area contributed by atoms with Crippen molar-refractivity contribution in [2.75, 3.05) is 0 Å². The van der Waals surface area contributed by atoms with Crippen LogP contribution >= 0.6 is 0 Å². The molecular weight excluding hydrogens is 174 g/mol. The van der Waals surface area contributed by atoms with Gasteiger partial charge in [-0.1, -0.05) is 0 Å². The molecule has 1 fully saturated rings. The van der Waals surface area contributed by atoms with E-state index >= 15 is 0 Å². The quantitative estimate of drug-likeness (QED) is 0.771. The highest BCUT2D eigenvalue weighted by Gasteiger charge is 2.55. The SMILES string of the molecule is Cc1nccnc1C1(C(C)(C)N)CC1. The Morgan fingerprint density at radius 3 is 2.29 bits per heavy atom. The fraction of sp³-hybridized carbons (Fsp3) is 0.636. The average Bonchev–Trinajstić information content (AvgIpc) is 2.84. The minimum Gasteiger partial charge on any atom is -0.325 e. The number of hydrogen-bond acceptors (Lipinski definition) is 3. The zero-order chi connectivity index (χ0) is 10.4. The van der Waals surface area contributed by atoms with Crippen LogP contribution in [-0.4, -0.2) is 15.5 Å². The summed E-state index contributed by atoms with van der Waals surface area (Å²) in [5, 5.41) is 0. The van der Waals surface area contributed by atoms with Crippen molar-refractivity contribution < 1.29 is 0 Å². The van der Waals surface area contributed by atoms with E-state index in [4.69, 9.17) is 5.73 Å². The second kappa shape index (κ2) is 2.76. The van der Waals surface area contributed by atoms with Crippen molar-refractivity contribution in [3.05, 3.63) is 23.8 Å². The molecule has 0 bridgehead atoms. The van der Waals surface area contributed by atoms with Gasteiger partial charge in [-0.2, -0.15) is 0 Å². The van der Waals surface area contributed by atoms with Gasteiger partial charge in [-0.15, -0.1) is 0 Å².